The van der Waals surface area contributed by atoms with Crippen LogP contribution in [0.5, 0.6) is 0 Å². The standard InChI is InChI=1S/C10H5ClF2N2OS/c11-6-4-8(13)7(12)3-5(6)9(16)15-10-14-1-2-17-10/h1-4H,(H,14,15,16). The topological polar surface area (TPSA) is 42.0 Å². The molecule has 0 radical (unpaired) electrons. The largest absolute Gasteiger partial charge is 0.298 e. The summed E-state index contributed by atoms with van der Waals surface area (Å²) in [4.78, 5) is 15.5. The number of benzene rings is 1. The van der Waals surface area contributed by atoms with Crippen molar-refractivity contribution in [2.24, 2.45) is 0 Å². The highest BCUT2D eigenvalue weighted by Gasteiger charge is 2.15. The van der Waals surface area contributed by atoms with Gasteiger partial charge in [-0.25, -0.2) is 13.8 Å². The maximum Gasteiger partial charge on any atom is 0.259 e. The molecule has 0 atom stereocenters. The minimum absolute atomic E-state index is 0.138. The third-order valence-corrected chi connectivity index (χ3v) is 2.91. The molecule has 0 aliphatic carbocycles. The fraction of sp³-hybridized carbons (Fsp3) is 0. The van der Waals surface area contributed by atoms with Crippen LogP contribution in [0, 0.1) is 11.6 Å². The van der Waals surface area contributed by atoms with Crippen molar-refractivity contribution in [3.05, 3.63) is 45.9 Å². The second kappa shape index (κ2) is 4.77. The van der Waals surface area contributed by atoms with Gasteiger partial charge in [-0.05, 0) is 12.1 Å². The van der Waals surface area contributed by atoms with Crippen molar-refractivity contribution in [2.75, 3.05) is 5.32 Å². The van der Waals surface area contributed by atoms with Crippen LogP contribution in [-0.4, -0.2) is 10.9 Å². The molecule has 1 aromatic heterocycles. The Hall–Kier alpha value is -1.53. The van der Waals surface area contributed by atoms with Gasteiger partial charge >= 0.3 is 0 Å². The van der Waals surface area contributed by atoms with Crippen LogP contribution >= 0.6 is 22.9 Å². The smallest absolute Gasteiger partial charge is 0.259 e. The van der Waals surface area contributed by atoms with E-state index in [0.29, 0.717) is 5.13 Å². The summed E-state index contributed by atoms with van der Waals surface area (Å²) in [5.41, 5.74) is -0.138. The maximum absolute atomic E-state index is 13.0. The van der Waals surface area contributed by atoms with Crippen LogP contribution in [0.3, 0.4) is 0 Å². The van der Waals surface area contributed by atoms with Crippen LogP contribution < -0.4 is 5.32 Å². The lowest BCUT2D eigenvalue weighted by Gasteiger charge is -2.04. The molecule has 17 heavy (non-hydrogen) atoms. The monoisotopic (exact) mass is 274 g/mol. The molecule has 0 saturated carbocycles. The minimum Gasteiger partial charge on any atom is -0.298 e. The van der Waals surface area contributed by atoms with Crippen LogP contribution in [0.25, 0.3) is 0 Å². The molecule has 2 aromatic rings. The molecule has 1 heterocycles. The molecule has 3 nitrogen and oxygen atoms in total. The van der Waals surface area contributed by atoms with Gasteiger partial charge in [0.05, 0.1) is 10.6 Å². The summed E-state index contributed by atoms with van der Waals surface area (Å²) in [5.74, 6) is -2.86. The molecule has 88 valence electrons. The van der Waals surface area contributed by atoms with Crippen molar-refractivity contribution in [2.45, 2.75) is 0 Å². The molecule has 0 aliphatic heterocycles. The number of hydrogen-bond acceptors (Lipinski definition) is 3. The number of rotatable bonds is 2. The number of aromatic nitrogens is 1. The zero-order valence-corrected chi connectivity index (χ0v) is 9.78. The zero-order valence-electron chi connectivity index (χ0n) is 8.21. The first-order valence-corrected chi connectivity index (χ1v) is 5.69. The fourth-order valence-corrected chi connectivity index (χ4v) is 1.91. The summed E-state index contributed by atoms with van der Waals surface area (Å²) < 4.78 is 25.8. The van der Waals surface area contributed by atoms with E-state index in [9.17, 15) is 13.6 Å². The predicted molar refractivity (Wildman–Crippen MR) is 61.4 cm³/mol. The van der Waals surface area contributed by atoms with Gasteiger partial charge in [-0.1, -0.05) is 11.6 Å². The fourth-order valence-electron chi connectivity index (χ4n) is 1.15. The maximum atomic E-state index is 13.0. The first kappa shape index (κ1) is 11.9. The predicted octanol–water partition coefficient (Wildman–Crippen LogP) is 3.33. The molecule has 0 saturated heterocycles. The molecule has 0 fully saturated rings. The summed E-state index contributed by atoms with van der Waals surface area (Å²) in [6.07, 6.45) is 1.51. The number of nitrogens with zero attached hydrogens (tertiary/aromatic N) is 1. The Kier molecular flexibility index (Phi) is 3.35. The van der Waals surface area contributed by atoms with Crippen LogP contribution in [0.1, 0.15) is 10.4 Å². The van der Waals surface area contributed by atoms with Crippen LogP contribution in [0.15, 0.2) is 23.7 Å². The van der Waals surface area contributed by atoms with E-state index in [1.165, 1.54) is 17.5 Å². The van der Waals surface area contributed by atoms with E-state index >= 15 is 0 Å². The number of halogens is 3. The lowest BCUT2D eigenvalue weighted by atomic mass is 10.2. The highest BCUT2D eigenvalue weighted by Crippen LogP contribution is 2.21. The van der Waals surface area contributed by atoms with E-state index in [1.807, 2.05) is 0 Å². The molecular weight excluding hydrogens is 270 g/mol. The van der Waals surface area contributed by atoms with Gasteiger partial charge in [-0.3, -0.25) is 10.1 Å². The van der Waals surface area contributed by atoms with Gasteiger partial charge in [0.1, 0.15) is 0 Å². The van der Waals surface area contributed by atoms with Gasteiger partial charge in [0.2, 0.25) is 0 Å². The zero-order chi connectivity index (χ0) is 12.4. The summed E-state index contributed by atoms with van der Waals surface area (Å²) >= 11 is 6.86. The number of hydrogen-bond donors (Lipinski definition) is 1. The highest BCUT2D eigenvalue weighted by molar-refractivity contribution is 7.13. The molecule has 1 amide bonds. The summed E-state index contributed by atoms with van der Waals surface area (Å²) in [7, 11) is 0. The Bertz CT molecular complexity index is 560. The first-order chi connectivity index (χ1) is 8.08. The summed E-state index contributed by atoms with van der Waals surface area (Å²) in [6.45, 7) is 0. The van der Waals surface area contributed by atoms with Crippen LogP contribution in [-0.2, 0) is 0 Å². The Labute approximate surface area is 104 Å². The number of carbonyl (C=O) groups is 1. The highest BCUT2D eigenvalue weighted by atomic mass is 35.5. The third-order valence-electron chi connectivity index (χ3n) is 1.91. The Morgan fingerprint density at radius 2 is 2.06 bits per heavy atom. The van der Waals surface area contributed by atoms with Gasteiger partial charge in [0.15, 0.2) is 16.8 Å². The first-order valence-electron chi connectivity index (χ1n) is 4.43. The lowest BCUT2D eigenvalue weighted by molar-refractivity contribution is 0.102. The van der Waals surface area contributed by atoms with Gasteiger partial charge < -0.3 is 0 Å². The van der Waals surface area contributed by atoms with Crippen molar-refractivity contribution >= 4 is 34.0 Å². The average Bonchev–Trinajstić information content (AvgIpc) is 2.76. The molecule has 0 bridgehead atoms. The van der Waals surface area contributed by atoms with E-state index in [2.05, 4.69) is 10.3 Å². The molecule has 7 heteroatoms. The molecule has 0 aliphatic rings. The SMILES string of the molecule is O=C(Nc1nccs1)c1cc(F)c(F)cc1Cl. The number of anilines is 1. The van der Waals surface area contributed by atoms with Gasteiger partial charge in [-0.2, -0.15) is 0 Å². The van der Waals surface area contributed by atoms with Crippen molar-refractivity contribution < 1.29 is 13.6 Å². The normalized spacial score (nSPS) is 10.3. The van der Waals surface area contributed by atoms with Crippen LogP contribution in [0.2, 0.25) is 5.02 Å². The molecule has 0 unspecified atom stereocenters. The van der Waals surface area contributed by atoms with Gasteiger partial charge in [0.25, 0.3) is 5.91 Å². The van der Waals surface area contributed by atoms with E-state index in [4.69, 9.17) is 11.6 Å². The van der Waals surface area contributed by atoms with Crippen LogP contribution in [0.4, 0.5) is 13.9 Å². The summed E-state index contributed by atoms with van der Waals surface area (Å²) in [5, 5.41) is 4.29. The summed E-state index contributed by atoms with van der Waals surface area (Å²) in [6, 6.07) is 1.51. The van der Waals surface area contributed by atoms with Gasteiger partial charge in [0, 0.05) is 11.6 Å². The minimum atomic E-state index is -1.13. The van der Waals surface area contributed by atoms with E-state index in [1.54, 1.807) is 5.38 Å². The number of carbonyl (C=O) groups excluding carboxylic acids is 1. The number of thiazole rings is 1. The Morgan fingerprint density at radius 1 is 1.35 bits per heavy atom. The van der Waals surface area contributed by atoms with Crippen molar-refractivity contribution in [1.82, 2.24) is 4.98 Å². The van der Waals surface area contributed by atoms with Crippen molar-refractivity contribution in [1.29, 1.82) is 0 Å². The molecule has 1 N–H and O–H groups in total. The Morgan fingerprint density at radius 3 is 2.71 bits per heavy atom. The lowest BCUT2D eigenvalue weighted by Crippen LogP contribution is -2.13. The average molecular weight is 275 g/mol. The van der Waals surface area contributed by atoms with Crippen molar-refractivity contribution in [3.63, 3.8) is 0 Å². The van der Waals surface area contributed by atoms with E-state index < -0.39 is 17.5 Å². The van der Waals surface area contributed by atoms with Crippen molar-refractivity contribution in [3.8, 4) is 0 Å². The van der Waals surface area contributed by atoms with Gasteiger partial charge in [-0.15, -0.1) is 11.3 Å². The molecule has 1 aromatic carbocycles. The second-order valence-electron chi connectivity index (χ2n) is 3.04. The molecular formula is C10H5ClF2N2OS. The molecule has 2 rings (SSSR count). The Balaban J connectivity index is 2.28. The molecule has 0 spiro atoms. The number of amides is 1. The second-order valence-corrected chi connectivity index (χ2v) is 4.34. The van der Waals surface area contributed by atoms with E-state index in [0.717, 1.165) is 12.1 Å². The van der Waals surface area contributed by atoms with E-state index in [-0.39, 0.29) is 10.6 Å². The quantitative estimate of drug-likeness (QED) is 0.854. The number of nitrogens with one attached hydrogen (secondary N) is 1. The third kappa shape index (κ3) is 2.59.